The van der Waals surface area contributed by atoms with Crippen LogP contribution in [-0.2, 0) is 14.8 Å². The number of benzene rings is 1. The molecule has 1 aliphatic carbocycles. The fourth-order valence-corrected chi connectivity index (χ4v) is 2.93. The molecule has 1 aromatic carbocycles. The first-order chi connectivity index (χ1) is 9.21. The van der Waals surface area contributed by atoms with Crippen LogP contribution in [0, 0.1) is 11.6 Å². The highest BCUT2D eigenvalue weighted by molar-refractivity contribution is 7.89. The number of rotatable bonds is 3. The van der Waals surface area contributed by atoms with E-state index in [0.29, 0.717) is 18.9 Å². The van der Waals surface area contributed by atoms with Gasteiger partial charge in [0, 0.05) is 0 Å². The van der Waals surface area contributed by atoms with Gasteiger partial charge in [-0.15, -0.1) is 0 Å². The van der Waals surface area contributed by atoms with Gasteiger partial charge in [0.2, 0.25) is 10.0 Å². The number of hydrogen-bond acceptors (Lipinski definition) is 4. The van der Waals surface area contributed by atoms with E-state index in [2.05, 4.69) is 0 Å². The molecule has 0 unspecified atom stereocenters. The number of halogens is 3. The lowest BCUT2D eigenvalue weighted by molar-refractivity contribution is 0.00894. The molecule has 2 rings (SSSR count). The summed E-state index contributed by atoms with van der Waals surface area (Å²) in [5.41, 5.74) is -0.568. The van der Waals surface area contributed by atoms with Crippen molar-refractivity contribution in [3.8, 4) is 0 Å². The van der Waals surface area contributed by atoms with Crippen LogP contribution in [0.1, 0.15) is 29.6 Å². The van der Waals surface area contributed by atoms with Gasteiger partial charge >= 0.3 is 5.97 Å². The van der Waals surface area contributed by atoms with E-state index in [1.807, 2.05) is 0 Å². The lowest BCUT2D eigenvalue weighted by Crippen LogP contribution is -2.26. The van der Waals surface area contributed by atoms with Gasteiger partial charge in [0.1, 0.15) is 11.0 Å². The Bertz CT molecular complexity index is 673. The third-order valence-corrected chi connectivity index (χ3v) is 4.40. The molecule has 0 atom stereocenters. The summed E-state index contributed by atoms with van der Waals surface area (Å²) in [6.45, 7) is 0. The minimum atomic E-state index is -4.62. The average Bonchev–Trinajstić information content (AvgIpc) is 2.26. The number of carbonyl (C=O) groups is 1. The second kappa shape index (κ2) is 5.27. The zero-order valence-corrected chi connectivity index (χ0v) is 11.6. The zero-order valence-electron chi connectivity index (χ0n) is 10.0. The van der Waals surface area contributed by atoms with Crippen LogP contribution in [0.2, 0.25) is 5.02 Å². The van der Waals surface area contributed by atoms with Crippen LogP contribution in [-0.4, -0.2) is 20.5 Å². The Hall–Kier alpha value is -1.25. The first kappa shape index (κ1) is 15.1. The molecule has 0 radical (unpaired) electrons. The molecule has 1 saturated carbocycles. The van der Waals surface area contributed by atoms with Crippen molar-refractivity contribution < 1.29 is 26.7 Å². The van der Waals surface area contributed by atoms with Crippen LogP contribution in [0.15, 0.2) is 11.0 Å². The molecule has 2 N–H and O–H groups in total. The van der Waals surface area contributed by atoms with E-state index in [4.69, 9.17) is 21.5 Å². The molecular weight excluding hydrogens is 316 g/mol. The maximum absolute atomic E-state index is 13.5. The van der Waals surface area contributed by atoms with Crippen molar-refractivity contribution in [1.29, 1.82) is 0 Å². The van der Waals surface area contributed by atoms with Crippen LogP contribution in [0.25, 0.3) is 0 Å². The standard InChI is InChI=1S/C11H10ClF2NO4S/c12-8-6(11(16)19-5-2-1-3-5)4-7(13)9(14)10(8)20(15,17)18/h4-5H,1-3H2,(H2,15,17,18). The minimum absolute atomic E-state index is 0.315. The molecule has 0 bridgehead atoms. The topological polar surface area (TPSA) is 86.5 Å². The van der Waals surface area contributed by atoms with E-state index in [-0.39, 0.29) is 6.10 Å². The highest BCUT2D eigenvalue weighted by Gasteiger charge is 2.30. The smallest absolute Gasteiger partial charge is 0.340 e. The van der Waals surface area contributed by atoms with Gasteiger partial charge in [-0.25, -0.2) is 27.1 Å². The molecule has 0 aromatic heterocycles. The normalized spacial score (nSPS) is 15.8. The van der Waals surface area contributed by atoms with Crippen molar-refractivity contribution in [2.45, 2.75) is 30.3 Å². The second-order valence-corrected chi connectivity index (χ2v) is 6.24. The number of nitrogens with two attached hydrogens (primary N) is 1. The molecule has 20 heavy (non-hydrogen) atoms. The van der Waals surface area contributed by atoms with Crippen molar-refractivity contribution in [2.24, 2.45) is 5.14 Å². The molecule has 0 saturated heterocycles. The quantitative estimate of drug-likeness (QED) is 0.680. The summed E-state index contributed by atoms with van der Waals surface area (Å²) in [6, 6.07) is 0.493. The number of ether oxygens (including phenoxy) is 1. The minimum Gasteiger partial charge on any atom is -0.459 e. The van der Waals surface area contributed by atoms with E-state index in [1.54, 1.807) is 0 Å². The van der Waals surface area contributed by atoms with Gasteiger partial charge < -0.3 is 4.74 Å². The molecule has 1 fully saturated rings. The van der Waals surface area contributed by atoms with Gasteiger partial charge in [-0.05, 0) is 25.3 Å². The predicted octanol–water partition coefficient (Wildman–Crippen LogP) is 1.97. The Balaban J connectivity index is 2.48. The first-order valence-electron chi connectivity index (χ1n) is 5.63. The summed E-state index contributed by atoms with van der Waals surface area (Å²) in [5, 5.41) is 3.98. The Morgan fingerprint density at radius 2 is 2.00 bits per heavy atom. The largest absolute Gasteiger partial charge is 0.459 e. The van der Waals surface area contributed by atoms with Crippen LogP contribution in [0.5, 0.6) is 0 Å². The first-order valence-corrected chi connectivity index (χ1v) is 7.55. The van der Waals surface area contributed by atoms with Gasteiger partial charge in [-0.1, -0.05) is 11.6 Å². The van der Waals surface area contributed by atoms with E-state index in [0.717, 1.165) is 6.42 Å². The Morgan fingerprint density at radius 1 is 1.40 bits per heavy atom. The highest BCUT2D eigenvalue weighted by Crippen LogP contribution is 2.31. The lowest BCUT2D eigenvalue weighted by Gasteiger charge is -2.25. The number of carbonyl (C=O) groups excluding carboxylic acids is 1. The van der Waals surface area contributed by atoms with Gasteiger partial charge in [0.15, 0.2) is 11.6 Å². The molecule has 0 aliphatic heterocycles. The Morgan fingerprint density at radius 3 is 2.45 bits per heavy atom. The van der Waals surface area contributed by atoms with Crippen LogP contribution in [0.3, 0.4) is 0 Å². The summed E-state index contributed by atoms with van der Waals surface area (Å²) < 4.78 is 54.3. The molecule has 5 nitrogen and oxygen atoms in total. The number of primary sulfonamides is 1. The predicted molar refractivity (Wildman–Crippen MR) is 65.8 cm³/mol. The molecule has 1 aliphatic rings. The number of esters is 1. The van der Waals surface area contributed by atoms with E-state index in [1.165, 1.54) is 0 Å². The summed E-state index contributed by atoms with van der Waals surface area (Å²) >= 11 is 5.64. The third kappa shape index (κ3) is 2.77. The molecule has 0 amide bonds. The Kier molecular flexibility index (Phi) is 3.99. The fourth-order valence-electron chi connectivity index (χ4n) is 1.68. The van der Waals surface area contributed by atoms with Crippen LogP contribution < -0.4 is 5.14 Å². The Labute approximate surface area is 118 Å². The van der Waals surface area contributed by atoms with Gasteiger partial charge in [-0.2, -0.15) is 0 Å². The monoisotopic (exact) mass is 325 g/mol. The van der Waals surface area contributed by atoms with E-state index < -0.39 is 43.1 Å². The number of sulfonamides is 1. The maximum atomic E-state index is 13.5. The molecule has 0 heterocycles. The van der Waals surface area contributed by atoms with E-state index >= 15 is 0 Å². The second-order valence-electron chi connectivity index (χ2n) is 4.37. The summed E-state index contributed by atoms with van der Waals surface area (Å²) in [7, 11) is -4.62. The lowest BCUT2D eigenvalue weighted by atomic mass is 9.96. The summed E-state index contributed by atoms with van der Waals surface area (Å²) in [6.07, 6.45) is 1.90. The highest BCUT2D eigenvalue weighted by atomic mass is 35.5. The van der Waals surface area contributed by atoms with Crippen molar-refractivity contribution in [2.75, 3.05) is 0 Å². The maximum Gasteiger partial charge on any atom is 0.340 e. The SMILES string of the molecule is NS(=O)(=O)c1c(F)c(F)cc(C(=O)OC2CCC2)c1Cl. The van der Waals surface area contributed by atoms with Crippen molar-refractivity contribution >= 4 is 27.6 Å². The van der Waals surface area contributed by atoms with Gasteiger partial charge in [-0.3, -0.25) is 0 Å². The summed E-state index contributed by atoms with van der Waals surface area (Å²) in [5.74, 6) is -4.28. The molecular formula is C11H10ClF2NO4S. The van der Waals surface area contributed by atoms with Crippen molar-refractivity contribution in [3.05, 3.63) is 28.3 Å². The van der Waals surface area contributed by atoms with Crippen molar-refractivity contribution in [1.82, 2.24) is 0 Å². The van der Waals surface area contributed by atoms with Crippen LogP contribution >= 0.6 is 11.6 Å². The van der Waals surface area contributed by atoms with Crippen molar-refractivity contribution in [3.63, 3.8) is 0 Å². The number of hydrogen-bond donors (Lipinski definition) is 1. The van der Waals surface area contributed by atoms with Gasteiger partial charge in [0.05, 0.1) is 10.6 Å². The van der Waals surface area contributed by atoms with Crippen LogP contribution in [0.4, 0.5) is 8.78 Å². The molecule has 110 valence electrons. The van der Waals surface area contributed by atoms with E-state index in [9.17, 15) is 22.0 Å². The zero-order chi connectivity index (χ0) is 15.1. The molecule has 9 heteroatoms. The summed E-state index contributed by atoms with van der Waals surface area (Å²) in [4.78, 5) is 10.5. The molecule has 1 aromatic rings. The van der Waals surface area contributed by atoms with Gasteiger partial charge in [0.25, 0.3) is 0 Å². The average molecular weight is 326 g/mol. The molecule has 0 spiro atoms. The fraction of sp³-hybridized carbons (Fsp3) is 0.364. The third-order valence-electron chi connectivity index (χ3n) is 2.95.